The number of carbonyl (C=O) groups is 1. The lowest BCUT2D eigenvalue weighted by atomic mass is 10.3. The van der Waals surface area contributed by atoms with Gasteiger partial charge in [-0.1, -0.05) is 27.7 Å². The summed E-state index contributed by atoms with van der Waals surface area (Å²) in [5.41, 5.74) is 0.856. The fourth-order valence-corrected chi connectivity index (χ4v) is 3.10. The van der Waals surface area contributed by atoms with Crippen LogP contribution in [0.4, 0.5) is 0 Å². The number of hydrogen-bond acceptors (Lipinski definition) is 6. The largest absolute Gasteiger partial charge is 0.378 e. The molecule has 9 heteroatoms. The molecule has 0 saturated carbocycles. The Kier molecular flexibility index (Phi) is 5.06. The van der Waals surface area contributed by atoms with Crippen molar-refractivity contribution >= 4 is 33.6 Å². The minimum absolute atomic E-state index is 0.0821. The van der Waals surface area contributed by atoms with Crippen LogP contribution in [0.3, 0.4) is 0 Å². The normalized spacial score (nSPS) is 15.0. The Morgan fingerprint density at radius 3 is 2.73 bits per heavy atom. The topological polar surface area (TPSA) is 73.1 Å². The first-order chi connectivity index (χ1) is 10.7. The molecule has 7 nitrogen and oxygen atoms in total. The van der Waals surface area contributed by atoms with E-state index in [1.165, 1.54) is 11.8 Å². The number of tetrazole rings is 1. The van der Waals surface area contributed by atoms with Crippen molar-refractivity contribution in [3.8, 4) is 5.69 Å². The second-order valence-electron chi connectivity index (χ2n) is 4.63. The summed E-state index contributed by atoms with van der Waals surface area (Å²) in [6, 6.07) is 7.66. The molecule has 0 atom stereocenters. The molecular formula is C13H14BrN5O2S. The Morgan fingerprint density at radius 2 is 2.00 bits per heavy atom. The van der Waals surface area contributed by atoms with E-state index in [2.05, 4.69) is 31.5 Å². The number of thioether (sulfide) groups is 1. The first kappa shape index (κ1) is 15.4. The molecule has 22 heavy (non-hydrogen) atoms. The van der Waals surface area contributed by atoms with Gasteiger partial charge < -0.3 is 9.64 Å². The van der Waals surface area contributed by atoms with E-state index in [-0.39, 0.29) is 5.91 Å². The minimum atomic E-state index is 0.0821. The number of ether oxygens (including phenoxy) is 1. The Bertz CT molecular complexity index is 642. The van der Waals surface area contributed by atoms with E-state index in [1.807, 2.05) is 29.2 Å². The van der Waals surface area contributed by atoms with E-state index < -0.39 is 0 Å². The first-order valence-electron chi connectivity index (χ1n) is 6.77. The number of carbonyl (C=O) groups excluding carboxylic acids is 1. The second kappa shape index (κ2) is 7.21. The molecule has 0 aliphatic carbocycles. The molecule has 2 aromatic rings. The van der Waals surface area contributed by atoms with Crippen LogP contribution in [0.5, 0.6) is 0 Å². The van der Waals surface area contributed by atoms with Crippen molar-refractivity contribution in [2.75, 3.05) is 32.1 Å². The molecule has 3 rings (SSSR count). The molecule has 1 aliphatic heterocycles. The molecule has 116 valence electrons. The van der Waals surface area contributed by atoms with Crippen molar-refractivity contribution in [3.63, 3.8) is 0 Å². The lowest BCUT2D eigenvalue weighted by molar-refractivity contribution is -0.132. The van der Waals surface area contributed by atoms with Crippen molar-refractivity contribution in [3.05, 3.63) is 28.7 Å². The van der Waals surface area contributed by atoms with Gasteiger partial charge >= 0.3 is 0 Å². The summed E-state index contributed by atoms with van der Waals surface area (Å²) < 4.78 is 7.86. The zero-order valence-corrected chi connectivity index (χ0v) is 14.1. The average Bonchev–Trinajstić information content (AvgIpc) is 3.02. The molecule has 1 fully saturated rings. The number of amides is 1. The van der Waals surface area contributed by atoms with E-state index in [0.29, 0.717) is 37.2 Å². The van der Waals surface area contributed by atoms with Crippen LogP contribution < -0.4 is 0 Å². The van der Waals surface area contributed by atoms with Crippen LogP contribution in [0, 0.1) is 0 Å². The number of hydrogen-bond donors (Lipinski definition) is 0. The lowest BCUT2D eigenvalue weighted by Crippen LogP contribution is -2.41. The summed E-state index contributed by atoms with van der Waals surface area (Å²) in [6.07, 6.45) is 0. The monoisotopic (exact) mass is 383 g/mol. The van der Waals surface area contributed by atoms with Gasteiger partial charge in [-0.05, 0) is 34.7 Å². The van der Waals surface area contributed by atoms with Crippen molar-refractivity contribution in [2.45, 2.75) is 5.16 Å². The Labute approximate surface area is 140 Å². The fourth-order valence-electron chi connectivity index (χ4n) is 2.04. The Hall–Kier alpha value is -1.45. The highest BCUT2D eigenvalue weighted by Crippen LogP contribution is 2.20. The summed E-state index contributed by atoms with van der Waals surface area (Å²) in [5.74, 6) is 0.398. The van der Waals surface area contributed by atoms with Gasteiger partial charge in [0.2, 0.25) is 11.1 Å². The SMILES string of the molecule is O=C(CSc1nnnn1-c1ccc(Br)cc1)N1CCOCC1. The van der Waals surface area contributed by atoms with Crippen LogP contribution in [0.15, 0.2) is 33.9 Å². The third-order valence-electron chi connectivity index (χ3n) is 3.20. The second-order valence-corrected chi connectivity index (χ2v) is 6.49. The maximum Gasteiger partial charge on any atom is 0.233 e. The fraction of sp³-hybridized carbons (Fsp3) is 0.385. The highest BCUT2D eigenvalue weighted by molar-refractivity contribution is 9.10. The third kappa shape index (κ3) is 3.65. The number of rotatable bonds is 4. The lowest BCUT2D eigenvalue weighted by Gasteiger charge is -2.26. The molecule has 0 unspecified atom stereocenters. The molecule has 0 N–H and O–H groups in total. The molecule has 1 aliphatic rings. The van der Waals surface area contributed by atoms with Gasteiger partial charge in [-0.15, -0.1) is 5.10 Å². The first-order valence-corrected chi connectivity index (χ1v) is 8.54. The van der Waals surface area contributed by atoms with Gasteiger partial charge in [-0.25, -0.2) is 0 Å². The van der Waals surface area contributed by atoms with Gasteiger partial charge in [0, 0.05) is 17.6 Å². The molecule has 1 saturated heterocycles. The minimum Gasteiger partial charge on any atom is -0.378 e. The van der Waals surface area contributed by atoms with Gasteiger partial charge in [0.15, 0.2) is 0 Å². The van der Waals surface area contributed by atoms with E-state index in [9.17, 15) is 4.79 Å². The molecule has 0 spiro atoms. The number of nitrogens with zero attached hydrogens (tertiary/aromatic N) is 5. The molecule has 1 aromatic carbocycles. The highest BCUT2D eigenvalue weighted by Gasteiger charge is 2.18. The molecule has 0 bridgehead atoms. The Morgan fingerprint density at radius 1 is 1.27 bits per heavy atom. The summed E-state index contributed by atoms with van der Waals surface area (Å²) in [7, 11) is 0. The van der Waals surface area contributed by atoms with Gasteiger partial charge in [0.1, 0.15) is 0 Å². The number of halogens is 1. The summed E-state index contributed by atoms with van der Waals surface area (Å²) in [5, 5.41) is 12.3. The van der Waals surface area contributed by atoms with Gasteiger partial charge in [-0.2, -0.15) is 4.68 Å². The van der Waals surface area contributed by atoms with Crippen LogP contribution in [0.25, 0.3) is 5.69 Å². The van der Waals surface area contributed by atoms with Crippen molar-refractivity contribution in [2.24, 2.45) is 0 Å². The van der Waals surface area contributed by atoms with E-state index >= 15 is 0 Å². The molecule has 1 amide bonds. The zero-order valence-electron chi connectivity index (χ0n) is 11.7. The number of morpholine rings is 1. The number of aromatic nitrogens is 4. The summed E-state index contributed by atoms with van der Waals surface area (Å²) in [4.78, 5) is 14.0. The van der Waals surface area contributed by atoms with Crippen molar-refractivity contribution in [1.29, 1.82) is 0 Å². The Balaban J connectivity index is 1.65. The van der Waals surface area contributed by atoms with Crippen LogP contribution in [0.1, 0.15) is 0 Å². The van der Waals surface area contributed by atoms with Crippen LogP contribution >= 0.6 is 27.7 Å². The predicted octanol–water partition coefficient (Wildman–Crippen LogP) is 1.38. The standard InChI is InChI=1S/C13H14BrN5O2S/c14-10-1-3-11(4-2-10)19-13(15-16-17-19)22-9-12(20)18-5-7-21-8-6-18/h1-4H,5-9H2. The maximum atomic E-state index is 12.2. The molecule has 1 aromatic heterocycles. The summed E-state index contributed by atoms with van der Waals surface area (Å²) >= 11 is 4.73. The van der Waals surface area contributed by atoms with Gasteiger partial charge in [0.25, 0.3) is 0 Å². The zero-order chi connectivity index (χ0) is 15.4. The van der Waals surface area contributed by atoms with Crippen LogP contribution in [-0.4, -0.2) is 63.1 Å². The average molecular weight is 384 g/mol. The van der Waals surface area contributed by atoms with Crippen molar-refractivity contribution in [1.82, 2.24) is 25.1 Å². The highest BCUT2D eigenvalue weighted by atomic mass is 79.9. The smallest absolute Gasteiger partial charge is 0.233 e. The van der Waals surface area contributed by atoms with Gasteiger partial charge in [0.05, 0.1) is 24.7 Å². The van der Waals surface area contributed by atoms with Crippen LogP contribution in [0.2, 0.25) is 0 Å². The maximum absolute atomic E-state index is 12.2. The van der Waals surface area contributed by atoms with Crippen molar-refractivity contribution < 1.29 is 9.53 Å². The molecule has 2 heterocycles. The number of benzene rings is 1. The third-order valence-corrected chi connectivity index (χ3v) is 4.63. The molecule has 0 radical (unpaired) electrons. The van der Waals surface area contributed by atoms with E-state index in [4.69, 9.17) is 4.74 Å². The molecular weight excluding hydrogens is 370 g/mol. The van der Waals surface area contributed by atoms with E-state index in [1.54, 1.807) is 4.68 Å². The van der Waals surface area contributed by atoms with E-state index in [0.717, 1.165) is 10.2 Å². The summed E-state index contributed by atoms with van der Waals surface area (Å²) in [6.45, 7) is 2.51. The quantitative estimate of drug-likeness (QED) is 0.742. The van der Waals surface area contributed by atoms with Crippen LogP contribution in [-0.2, 0) is 9.53 Å². The predicted molar refractivity (Wildman–Crippen MR) is 85.0 cm³/mol. The van der Waals surface area contributed by atoms with Gasteiger partial charge in [-0.3, -0.25) is 4.79 Å².